The molecule has 1 aromatic heterocycles. The topological polar surface area (TPSA) is 93.2 Å². The number of carbonyl (C=O) groups is 2. The standard InChI is InChI=1S/C15H15FN4O3S/c1-3-23-13(21)11-8-17-15(24-2)20-12(11)19-14(22)18-10-6-4-5-9(16)7-10/h4-8H,3H2,1-2H3,(H2,17,18,19,20,22). The van der Waals surface area contributed by atoms with Crippen molar-refractivity contribution >= 4 is 35.3 Å². The third-order valence-electron chi connectivity index (χ3n) is 2.76. The molecular weight excluding hydrogens is 335 g/mol. The van der Waals surface area contributed by atoms with Crippen LogP contribution in [0.3, 0.4) is 0 Å². The highest BCUT2D eigenvalue weighted by Gasteiger charge is 2.18. The number of urea groups is 1. The van der Waals surface area contributed by atoms with E-state index >= 15 is 0 Å². The van der Waals surface area contributed by atoms with Crippen LogP contribution in [0.4, 0.5) is 20.7 Å². The molecule has 0 unspecified atom stereocenters. The van der Waals surface area contributed by atoms with Crippen molar-refractivity contribution in [3.63, 3.8) is 0 Å². The fourth-order valence-corrected chi connectivity index (χ4v) is 2.09. The van der Waals surface area contributed by atoms with Crippen molar-refractivity contribution in [3.8, 4) is 0 Å². The number of rotatable bonds is 5. The van der Waals surface area contributed by atoms with Crippen LogP contribution in [0.5, 0.6) is 0 Å². The largest absolute Gasteiger partial charge is 0.462 e. The first-order valence-corrected chi connectivity index (χ1v) is 8.17. The number of carbonyl (C=O) groups excluding carboxylic acids is 2. The number of thioether (sulfide) groups is 1. The molecule has 0 bridgehead atoms. The van der Waals surface area contributed by atoms with Gasteiger partial charge >= 0.3 is 12.0 Å². The molecule has 2 amide bonds. The zero-order valence-electron chi connectivity index (χ0n) is 13.0. The maximum atomic E-state index is 13.1. The fraction of sp³-hybridized carbons (Fsp3) is 0.200. The molecule has 0 fully saturated rings. The lowest BCUT2D eigenvalue weighted by molar-refractivity contribution is 0.0526. The molecule has 0 atom stereocenters. The molecule has 1 heterocycles. The molecular formula is C15H15FN4O3S. The van der Waals surface area contributed by atoms with Crippen LogP contribution in [0.1, 0.15) is 17.3 Å². The highest BCUT2D eigenvalue weighted by Crippen LogP contribution is 2.18. The van der Waals surface area contributed by atoms with E-state index in [1.807, 2.05) is 0 Å². The Morgan fingerprint density at radius 3 is 2.79 bits per heavy atom. The molecule has 2 N–H and O–H groups in total. The van der Waals surface area contributed by atoms with Gasteiger partial charge in [0.1, 0.15) is 11.4 Å². The van der Waals surface area contributed by atoms with Crippen molar-refractivity contribution < 1.29 is 18.7 Å². The van der Waals surface area contributed by atoms with Crippen molar-refractivity contribution in [1.82, 2.24) is 9.97 Å². The van der Waals surface area contributed by atoms with Gasteiger partial charge in [0, 0.05) is 11.9 Å². The van der Waals surface area contributed by atoms with Crippen LogP contribution in [-0.4, -0.2) is 34.8 Å². The van der Waals surface area contributed by atoms with Gasteiger partial charge in [0.15, 0.2) is 11.0 Å². The summed E-state index contributed by atoms with van der Waals surface area (Å²) in [6, 6.07) is 4.75. The van der Waals surface area contributed by atoms with Gasteiger partial charge in [0.25, 0.3) is 0 Å². The summed E-state index contributed by atoms with van der Waals surface area (Å²) in [5.74, 6) is -1.11. The van der Waals surface area contributed by atoms with Gasteiger partial charge in [-0.25, -0.2) is 23.9 Å². The Morgan fingerprint density at radius 1 is 1.33 bits per heavy atom. The highest BCUT2D eigenvalue weighted by atomic mass is 32.2. The van der Waals surface area contributed by atoms with Crippen molar-refractivity contribution in [3.05, 3.63) is 41.8 Å². The van der Waals surface area contributed by atoms with Crippen LogP contribution in [0.25, 0.3) is 0 Å². The Hall–Kier alpha value is -2.68. The summed E-state index contributed by atoms with van der Waals surface area (Å²) in [5.41, 5.74) is 0.299. The number of benzene rings is 1. The number of hydrogen-bond acceptors (Lipinski definition) is 6. The van der Waals surface area contributed by atoms with E-state index in [4.69, 9.17) is 4.74 Å². The van der Waals surface area contributed by atoms with E-state index in [1.165, 1.54) is 42.2 Å². The maximum Gasteiger partial charge on any atom is 0.343 e. The molecule has 2 rings (SSSR count). The fourth-order valence-electron chi connectivity index (χ4n) is 1.75. The van der Waals surface area contributed by atoms with Gasteiger partial charge in [-0.05, 0) is 31.4 Å². The molecule has 0 saturated heterocycles. The molecule has 126 valence electrons. The van der Waals surface area contributed by atoms with Gasteiger partial charge < -0.3 is 10.1 Å². The van der Waals surface area contributed by atoms with E-state index in [2.05, 4.69) is 20.6 Å². The molecule has 7 nitrogen and oxygen atoms in total. The molecule has 0 radical (unpaired) electrons. The lowest BCUT2D eigenvalue weighted by Crippen LogP contribution is -2.22. The van der Waals surface area contributed by atoms with E-state index in [0.717, 1.165) is 0 Å². The third kappa shape index (κ3) is 4.66. The van der Waals surface area contributed by atoms with Crippen molar-refractivity contribution in [2.24, 2.45) is 0 Å². The Balaban J connectivity index is 2.20. The van der Waals surface area contributed by atoms with Crippen LogP contribution in [-0.2, 0) is 4.74 Å². The number of nitrogens with zero attached hydrogens (tertiary/aromatic N) is 2. The molecule has 1 aromatic carbocycles. The van der Waals surface area contributed by atoms with Gasteiger partial charge in [-0.2, -0.15) is 0 Å². The SMILES string of the molecule is CCOC(=O)c1cnc(SC)nc1NC(=O)Nc1cccc(F)c1. The second-order valence-corrected chi connectivity index (χ2v) is 5.20. The van der Waals surface area contributed by atoms with E-state index in [1.54, 1.807) is 13.2 Å². The molecule has 0 saturated carbocycles. The predicted octanol–water partition coefficient (Wildman–Crippen LogP) is 3.16. The zero-order chi connectivity index (χ0) is 17.5. The van der Waals surface area contributed by atoms with Gasteiger partial charge in [0.05, 0.1) is 6.61 Å². The normalized spacial score (nSPS) is 10.1. The Morgan fingerprint density at radius 2 is 2.12 bits per heavy atom. The first-order valence-electron chi connectivity index (χ1n) is 6.95. The van der Waals surface area contributed by atoms with Gasteiger partial charge in [-0.15, -0.1) is 0 Å². The molecule has 0 aliphatic heterocycles. The second kappa shape index (κ2) is 8.25. The summed E-state index contributed by atoms with van der Waals surface area (Å²) in [6.45, 7) is 1.84. The zero-order valence-corrected chi connectivity index (χ0v) is 13.8. The van der Waals surface area contributed by atoms with Crippen molar-refractivity contribution in [1.29, 1.82) is 0 Å². The lowest BCUT2D eigenvalue weighted by Gasteiger charge is -2.11. The average molecular weight is 350 g/mol. The number of amides is 2. The Bertz CT molecular complexity index is 757. The summed E-state index contributed by atoms with van der Waals surface area (Å²) in [7, 11) is 0. The van der Waals surface area contributed by atoms with Crippen LogP contribution in [0, 0.1) is 5.82 Å². The molecule has 0 spiro atoms. The van der Waals surface area contributed by atoms with Crippen molar-refractivity contribution in [2.75, 3.05) is 23.5 Å². The summed E-state index contributed by atoms with van der Waals surface area (Å²) in [4.78, 5) is 32.1. The Labute approximate surface area is 142 Å². The first-order chi connectivity index (χ1) is 11.5. The Kier molecular flexibility index (Phi) is 6.07. The lowest BCUT2D eigenvalue weighted by atomic mass is 10.3. The number of hydrogen-bond donors (Lipinski definition) is 2. The maximum absolute atomic E-state index is 13.1. The summed E-state index contributed by atoms with van der Waals surface area (Å²) < 4.78 is 18.1. The quantitative estimate of drug-likeness (QED) is 0.489. The number of esters is 1. The van der Waals surface area contributed by atoms with Gasteiger partial charge in [-0.3, -0.25) is 5.32 Å². The monoisotopic (exact) mass is 350 g/mol. The summed E-state index contributed by atoms with van der Waals surface area (Å²) in [5, 5.41) is 5.29. The minimum Gasteiger partial charge on any atom is -0.462 e. The summed E-state index contributed by atoms with van der Waals surface area (Å²) in [6.07, 6.45) is 3.05. The number of aromatic nitrogens is 2. The minimum absolute atomic E-state index is 0.0155. The summed E-state index contributed by atoms with van der Waals surface area (Å²) >= 11 is 1.25. The van der Waals surface area contributed by atoms with E-state index in [9.17, 15) is 14.0 Å². The highest BCUT2D eigenvalue weighted by molar-refractivity contribution is 7.98. The molecule has 24 heavy (non-hydrogen) atoms. The van der Waals surface area contributed by atoms with Crippen LogP contribution in [0.2, 0.25) is 0 Å². The number of anilines is 2. The van der Waals surface area contributed by atoms with E-state index < -0.39 is 17.8 Å². The van der Waals surface area contributed by atoms with Gasteiger partial charge in [0.2, 0.25) is 0 Å². The third-order valence-corrected chi connectivity index (χ3v) is 3.32. The molecule has 0 aliphatic carbocycles. The molecule has 0 aliphatic rings. The number of ether oxygens (including phenoxy) is 1. The van der Waals surface area contributed by atoms with Crippen molar-refractivity contribution in [2.45, 2.75) is 12.1 Å². The predicted molar refractivity (Wildman–Crippen MR) is 88.8 cm³/mol. The smallest absolute Gasteiger partial charge is 0.343 e. The number of nitrogens with one attached hydrogen (secondary N) is 2. The van der Waals surface area contributed by atoms with Crippen LogP contribution in [0.15, 0.2) is 35.6 Å². The minimum atomic E-state index is -0.670. The van der Waals surface area contributed by atoms with Crippen LogP contribution >= 0.6 is 11.8 Å². The van der Waals surface area contributed by atoms with E-state index in [-0.39, 0.29) is 23.7 Å². The number of halogens is 1. The van der Waals surface area contributed by atoms with Gasteiger partial charge in [-0.1, -0.05) is 17.8 Å². The molecule has 9 heteroatoms. The molecule has 2 aromatic rings. The first kappa shape index (κ1) is 17.7. The second-order valence-electron chi connectivity index (χ2n) is 4.43. The average Bonchev–Trinajstić information content (AvgIpc) is 2.54. The van der Waals surface area contributed by atoms with Crippen LogP contribution < -0.4 is 10.6 Å². The van der Waals surface area contributed by atoms with E-state index in [0.29, 0.717) is 5.16 Å².